The minimum atomic E-state index is -2.16. The molecule has 224 valence electrons. The second-order valence-corrected chi connectivity index (χ2v) is 30.0. The lowest BCUT2D eigenvalue weighted by atomic mass is 10.0. The van der Waals surface area contributed by atoms with E-state index in [9.17, 15) is 0 Å². The second kappa shape index (κ2) is 11.8. The van der Waals surface area contributed by atoms with Crippen molar-refractivity contribution < 1.29 is 22.8 Å². The van der Waals surface area contributed by atoms with Crippen molar-refractivity contribution in [3.05, 3.63) is 35.9 Å². The van der Waals surface area contributed by atoms with Crippen LogP contribution >= 0.6 is 0 Å². The van der Waals surface area contributed by atoms with Gasteiger partial charge in [-0.15, -0.1) is 0 Å². The smallest absolute Gasteiger partial charge is 0.193 e. The third-order valence-corrected chi connectivity index (χ3v) is 23.0. The molecule has 0 saturated carbocycles. The predicted octanol–water partition coefficient (Wildman–Crippen LogP) is 9.24. The van der Waals surface area contributed by atoms with Gasteiger partial charge in [0.05, 0.1) is 19.8 Å². The van der Waals surface area contributed by atoms with Gasteiger partial charge in [0.15, 0.2) is 25.0 Å². The molecule has 5 nitrogen and oxygen atoms in total. The first-order valence-electron chi connectivity index (χ1n) is 14.4. The Bertz CT molecular complexity index is 979. The van der Waals surface area contributed by atoms with Crippen molar-refractivity contribution in [3.63, 3.8) is 0 Å². The molecule has 0 amide bonds. The van der Waals surface area contributed by atoms with E-state index in [1.165, 1.54) is 0 Å². The van der Waals surface area contributed by atoms with Crippen molar-refractivity contribution in [2.24, 2.45) is 0 Å². The fourth-order valence-electron chi connectivity index (χ4n) is 3.56. The van der Waals surface area contributed by atoms with E-state index < -0.39 is 25.0 Å². The Morgan fingerprint density at radius 1 is 0.692 bits per heavy atom. The van der Waals surface area contributed by atoms with Gasteiger partial charge in [-0.05, 0) is 84.7 Å². The molecule has 0 aliphatic carbocycles. The number of methoxy groups -OCH3 is 1. The second-order valence-electron chi connectivity index (χ2n) is 15.7. The van der Waals surface area contributed by atoms with Crippen LogP contribution in [0.15, 0.2) is 30.3 Å². The summed E-state index contributed by atoms with van der Waals surface area (Å²) >= 11 is 0. The van der Waals surface area contributed by atoms with Crippen molar-refractivity contribution >= 4 is 30.7 Å². The van der Waals surface area contributed by atoms with Crippen LogP contribution in [0.2, 0.25) is 54.4 Å². The van der Waals surface area contributed by atoms with Crippen molar-refractivity contribution in [1.82, 2.24) is 0 Å². The van der Waals surface area contributed by atoms with E-state index in [-0.39, 0.29) is 33.4 Å². The molecule has 2 rings (SSSR count). The standard InChI is InChI=1S/C31H58O5Si3/c1-29(2,3)37(11,12)33-22-27-28(36-39(15,16)31(7,8)9)26(35-38(13,14)30(4,5)6)21-25(34-27)23-17-19-24(32-10)20-18-23/h17-21,26-28H,22H2,1-16H3/t26-,27-,28+/m1/s1. The molecule has 3 atom stereocenters. The first-order valence-corrected chi connectivity index (χ1v) is 23.2. The maximum absolute atomic E-state index is 7.18. The van der Waals surface area contributed by atoms with E-state index >= 15 is 0 Å². The molecule has 1 aromatic carbocycles. The lowest BCUT2D eigenvalue weighted by molar-refractivity contribution is -0.0592. The molecule has 0 unspecified atom stereocenters. The van der Waals surface area contributed by atoms with Gasteiger partial charge in [0.1, 0.15) is 23.7 Å². The normalized spacial score (nSPS) is 21.8. The average molecular weight is 595 g/mol. The van der Waals surface area contributed by atoms with Crippen LogP contribution in [-0.2, 0) is 18.0 Å². The fourth-order valence-corrected chi connectivity index (χ4v) is 7.13. The topological polar surface area (TPSA) is 46.2 Å². The Morgan fingerprint density at radius 2 is 1.15 bits per heavy atom. The van der Waals surface area contributed by atoms with Gasteiger partial charge in [0, 0.05) is 5.56 Å². The summed E-state index contributed by atoms with van der Waals surface area (Å²) in [4.78, 5) is 0. The van der Waals surface area contributed by atoms with E-state index in [1.54, 1.807) is 7.11 Å². The fraction of sp³-hybridized carbons (Fsp3) is 0.742. The van der Waals surface area contributed by atoms with Gasteiger partial charge >= 0.3 is 0 Å². The van der Waals surface area contributed by atoms with Gasteiger partial charge in [0.25, 0.3) is 0 Å². The Morgan fingerprint density at radius 3 is 1.59 bits per heavy atom. The van der Waals surface area contributed by atoms with Crippen LogP contribution in [-0.4, -0.2) is 57.0 Å². The third kappa shape index (κ3) is 8.32. The number of rotatable bonds is 9. The van der Waals surface area contributed by atoms with Crippen LogP contribution in [0.1, 0.15) is 67.9 Å². The third-order valence-electron chi connectivity index (χ3n) is 9.55. The van der Waals surface area contributed by atoms with Crippen molar-refractivity contribution in [2.45, 2.75) is 135 Å². The molecule has 0 aromatic heterocycles. The van der Waals surface area contributed by atoms with Gasteiger partial charge < -0.3 is 22.8 Å². The Balaban J connectivity index is 2.63. The van der Waals surface area contributed by atoms with Crippen molar-refractivity contribution in [2.75, 3.05) is 13.7 Å². The maximum Gasteiger partial charge on any atom is 0.193 e. The van der Waals surface area contributed by atoms with E-state index in [1.807, 2.05) is 12.1 Å². The number of hydrogen-bond acceptors (Lipinski definition) is 5. The Kier molecular flexibility index (Phi) is 10.3. The molecule has 1 aromatic rings. The number of ether oxygens (including phenoxy) is 2. The lowest BCUT2D eigenvalue weighted by Gasteiger charge is -2.48. The highest BCUT2D eigenvalue weighted by atomic mass is 28.4. The van der Waals surface area contributed by atoms with Crippen LogP contribution in [0, 0.1) is 0 Å². The summed E-state index contributed by atoms with van der Waals surface area (Å²) in [6, 6.07) is 8.05. The largest absolute Gasteiger partial charge is 0.497 e. The molecule has 0 spiro atoms. The van der Waals surface area contributed by atoms with E-state index in [0.717, 1.165) is 17.1 Å². The first-order chi connectivity index (χ1) is 17.4. The van der Waals surface area contributed by atoms with Crippen molar-refractivity contribution in [1.29, 1.82) is 0 Å². The summed E-state index contributed by atoms with van der Waals surface area (Å²) in [5, 5.41) is 0.219. The summed E-state index contributed by atoms with van der Waals surface area (Å²) in [5.74, 6) is 1.64. The van der Waals surface area contributed by atoms with Gasteiger partial charge in [-0.2, -0.15) is 0 Å². The van der Waals surface area contributed by atoms with Gasteiger partial charge in [-0.1, -0.05) is 62.3 Å². The quantitative estimate of drug-likeness (QED) is 0.267. The molecule has 0 bridgehead atoms. The van der Waals surface area contributed by atoms with Crippen molar-refractivity contribution in [3.8, 4) is 5.75 Å². The molecule has 0 radical (unpaired) electrons. The van der Waals surface area contributed by atoms with Gasteiger partial charge in [-0.25, -0.2) is 0 Å². The Labute approximate surface area is 243 Å². The van der Waals surface area contributed by atoms with Gasteiger partial charge in [0.2, 0.25) is 0 Å². The molecule has 1 aliphatic heterocycles. The average Bonchev–Trinajstić information content (AvgIpc) is 2.76. The van der Waals surface area contributed by atoms with E-state index in [0.29, 0.717) is 6.61 Å². The van der Waals surface area contributed by atoms with Crippen LogP contribution in [0.25, 0.3) is 5.76 Å². The molecule has 1 aliphatic rings. The summed E-state index contributed by atoms with van der Waals surface area (Å²) in [6.07, 6.45) is 1.37. The number of hydrogen-bond donors (Lipinski definition) is 0. The molecule has 8 heteroatoms. The number of benzene rings is 1. The molecule has 1 heterocycles. The minimum Gasteiger partial charge on any atom is -0.497 e. The summed E-state index contributed by atoms with van der Waals surface area (Å²) in [5.41, 5.74) is 1.00. The molecule has 0 saturated heterocycles. The molecule has 0 fully saturated rings. The zero-order chi connectivity index (χ0) is 30.2. The van der Waals surface area contributed by atoms with E-state index in [4.69, 9.17) is 22.8 Å². The summed E-state index contributed by atoms with van der Waals surface area (Å²) in [6.45, 7) is 34.8. The van der Waals surface area contributed by atoms with Crippen LogP contribution in [0.4, 0.5) is 0 Å². The summed E-state index contributed by atoms with van der Waals surface area (Å²) < 4.78 is 33.3. The molecular weight excluding hydrogens is 537 g/mol. The summed E-state index contributed by atoms with van der Waals surface area (Å²) in [7, 11) is -4.63. The predicted molar refractivity (Wildman–Crippen MR) is 173 cm³/mol. The van der Waals surface area contributed by atoms with Crippen LogP contribution in [0.3, 0.4) is 0 Å². The zero-order valence-electron chi connectivity index (χ0n) is 27.9. The minimum absolute atomic E-state index is 0.0549. The highest BCUT2D eigenvalue weighted by Crippen LogP contribution is 2.44. The highest BCUT2D eigenvalue weighted by Gasteiger charge is 2.49. The monoisotopic (exact) mass is 594 g/mol. The molecule has 0 N–H and O–H groups in total. The maximum atomic E-state index is 7.18. The zero-order valence-corrected chi connectivity index (χ0v) is 30.9. The molecule has 39 heavy (non-hydrogen) atoms. The van der Waals surface area contributed by atoms with Crippen LogP contribution in [0.5, 0.6) is 5.75 Å². The highest BCUT2D eigenvalue weighted by molar-refractivity contribution is 6.75. The Hall–Kier alpha value is -0.909. The SMILES string of the molecule is COc1ccc(C2=C[C@@H](O[Si](C)(C)C(C)(C)C)[C@H](O[Si](C)(C)C(C)(C)C)[C@@H](CO[Si](C)(C)C(C)(C)C)O2)cc1. The van der Waals surface area contributed by atoms with E-state index in [2.05, 4.69) is 120 Å². The first kappa shape index (κ1) is 34.3. The van der Waals surface area contributed by atoms with Gasteiger partial charge in [-0.3, -0.25) is 0 Å². The van der Waals surface area contributed by atoms with Crippen LogP contribution < -0.4 is 4.74 Å². The lowest BCUT2D eigenvalue weighted by Crippen LogP contribution is -2.58. The molecular formula is C31H58O5Si3.